The fourth-order valence-electron chi connectivity index (χ4n) is 3.05. The van der Waals surface area contributed by atoms with Gasteiger partial charge in [-0.25, -0.2) is 8.42 Å². The minimum atomic E-state index is -3.40. The van der Waals surface area contributed by atoms with Crippen LogP contribution in [0.15, 0.2) is 11.0 Å². The van der Waals surface area contributed by atoms with Crippen LogP contribution in [0, 0.1) is 27.7 Å². The van der Waals surface area contributed by atoms with Crippen LogP contribution in [0.2, 0.25) is 0 Å². The van der Waals surface area contributed by atoms with E-state index in [1.165, 1.54) is 4.90 Å². The van der Waals surface area contributed by atoms with Gasteiger partial charge in [0.15, 0.2) is 0 Å². The van der Waals surface area contributed by atoms with Gasteiger partial charge in [-0.2, -0.15) is 4.31 Å². The van der Waals surface area contributed by atoms with Gasteiger partial charge in [-0.3, -0.25) is 0 Å². The number of nitrogens with one attached hydrogen (secondary N) is 1. The zero-order valence-electron chi connectivity index (χ0n) is 13.8. The van der Waals surface area contributed by atoms with Crippen LogP contribution in [0.25, 0.3) is 0 Å². The van der Waals surface area contributed by atoms with Crippen molar-refractivity contribution in [1.29, 1.82) is 0 Å². The summed E-state index contributed by atoms with van der Waals surface area (Å²) in [5.41, 5.74) is 3.88. The number of hydrogen-bond acceptors (Lipinski definition) is 2. The van der Waals surface area contributed by atoms with E-state index in [9.17, 15) is 8.42 Å². The average molecular weight is 311 g/mol. The molecular formula is C16H27N2O2S+. The van der Waals surface area contributed by atoms with E-state index in [0.29, 0.717) is 18.0 Å². The van der Waals surface area contributed by atoms with E-state index in [2.05, 4.69) is 13.1 Å². The lowest BCUT2D eigenvalue weighted by molar-refractivity contribution is -0.877. The SMILES string of the molecule is Cc1cc(C)c(C)c(S(=O)(=O)N2CCC[NH+](C)CC2)c1C. The molecule has 0 radical (unpaired) electrons. The second-order valence-electron chi connectivity index (χ2n) is 6.30. The van der Waals surface area contributed by atoms with E-state index < -0.39 is 10.0 Å². The monoisotopic (exact) mass is 311 g/mol. The van der Waals surface area contributed by atoms with Gasteiger partial charge in [-0.1, -0.05) is 6.07 Å². The first-order valence-corrected chi connectivity index (χ1v) is 9.08. The summed E-state index contributed by atoms with van der Waals surface area (Å²) in [5, 5.41) is 0. The van der Waals surface area contributed by atoms with Gasteiger partial charge in [0.05, 0.1) is 31.6 Å². The van der Waals surface area contributed by atoms with Gasteiger partial charge in [0.2, 0.25) is 10.0 Å². The van der Waals surface area contributed by atoms with E-state index in [1.807, 2.05) is 27.7 Å². The molecule has 21 heavy (non-hydrogen) atoms. The van der Waals surface area contributed by atoms with Crippen molar-refractivity contribution in [1.82, 2.24) is 4.31 Å². The first-order chi connectivity index (χ1) is 9.75. The van der Waals surface area contributed by atoms with E-state index in [-0.39, 0.29) is 0 Å². The molecule has 1 atom stereocenters. The van der Waals surface area contributed by atoms with E-state index in [4.69, 9.17) is 0 Å². The zero-order valence-corrected chi connectivity index (χ0v) is 14.6. The molecular weight excluding hydrogens is 284 g/mol. The predicted molar refractivity (Wildman–Crippen MR) is 85.4 cm³/mol. The van der Waals surface area contributed by atoms with Crippen molar-refractivity contribution >= 4 is 10.0 Å². The van der Waals surface area contributed by atoms with Crippen LogP contribution in [-0.4, -0.2) is 45.9 Å². The van der Waals surface area contributed by atoms with Crippen LogP contribution in [0.1, 0.15) is 28.7 Å². The largest absolute Gasteiger partial charge is 0.336 e. The maximum Gasteiger partial charge on any atom is 0.243 e. The number of sulfonamides is 1. The standard InChI is InChI=1S/C16H26N2O2S/c1-12-11-13(2)15(4)16(14(12)3)21(19,20)18-8-6-7-17(5)9-10-18/h11H,6-10H2,1-5H3/p+1. The minimum absolute atomic E-state index is 0.527. The van der Waals surface area contributed by atoms with Crippen LogP contribution in [0.4, 0.5) is 0 Å². The molecule has 0 aromatic heterocycles. The molecule has 4 nitrogen and oxygen atoms in total. The Morgan fingerprint density at radius 2 is 1.57 bits per heavy atom. The van der Waals surface area contributed by atoms with E-state index >= 15 is 0 Å². The van der Waals surface area contributed by atoms with Crippen molar-refractivity contribution in [2.75, 3.05) is 33.2 Å². The molecule has 1 aromatic rings. The maximum absolute atomic E-state index is 13.1. The highest BCUT2D eigenvalue weighted by molar-refractivity contribution is 7.89. The number of nitrogens with zero attached hydrogens (tertiary/aromatic N) is 1. The number of rotatable bonds is 2. The molecule has 5 heteroatoms. The summed E-state index contributed by atoms with van der Waals surface area (Å²) in [6, 6.07) is 2.07. The Morgan fingerprint density at radius 1 is 1.00 bits per heavy atom. The summed E-state index contributed by atoms with van der Waals surface area (Å²) in [7, 11) is -1.27. The average Bonchev–Trinajstić information content (AvgIpc) is 2.62. The normalized spacial score (nSPS) is 21.3. The van der Waals surface area contributed by atoms with Crippen LogP contribution < -0.4 is 4.90 Å². The van der Waals surface area contributed by atoms with Crippen molar-refractivity contribution in [3.05, 3.63) is 28.3 Å². The first-order valence-electron chi connectivity index (χ1n) is 7.64. The number of hydrogen-bond donors (Lipinski definition) is 1. The van der Waals surface area contributed by atoms with Crippen molar-refractivity contribution in [3.8, 4) is 0 Å². The number of benzene rings is 1. The highest BCUT2D eigenvalue weighted by atomic mass is 32.2. The molecule has 0 aliphatic carbocycles. The van der Waals surface area contributed by atoms with Gasteiger partial charge in [0.1, 0.15) is 0 Å². The Labute approximate surface area is 128 Å². The third-order valence-corrected chi connectivity index (χ3v) is 6.87. The topological polar surface area (TPSA) is 41.8 Å². The Kier molecular flexibility index (Phi) is 4.76. The second-order valence-corrected chi connectivity index (χ2v) is 8.18. The van der Waals surface area contributed by atoms with Gasteiger partial charge >= 0.3 is 0 Å². The smallest absolute Gasteiger partial charge is 0.243 e. The summed E-state index contributed by atoms with van der Waals surface area (Å²) >= 11 is 0. The van der Waals surface area contributed by atoms with Crippen molar-refractivity contribution in [3.63, 3.8) is 0 Å². The van der Waals surface area contributed by atoms with Gasteiger partial charge in [-0.05, 0) is 49.9 Å². The predicted octanol–water partition coefficient (Wildman–Crippen LogP) is 0.829. The summed E-state index contributed by atoms with van der Waals surface area (Å²) in [4.78, 5) is 1.93. The molecule has 2 rings (SSSR count). The van der Waals surface area contributed by atoms with Crippen LogP contribution in [-0.2, 0) is 10.0 Å². The molecule has 0 spiro atoms. The second kappa shape index (κ2) is 6.07. The van der Waals surface area contributed by atoms with Gasteiger partial charge < -0.3 is 4.90 Å². The van der Waals surface area contributed by atoms with E-state index in [1.54, 1.807) is 4.31 Å². The fourth-order valence-corrected chi connectivity index (χ4v) is 5.10. The Balaban J connectivity index is 2.49. The Hall–Kier alpha value is -0.910. The lowest BCUT2D eigenvalue weighted by Crippen LogP contribution is -3.09. The summed E-state index contributed by atoms with van der Waals surface area (Å²) in [5.74, 6) is 0. The zero-order chi connectivity index (χ0) is 15.8. The first kappa shape index (κ1) is 16.5. The third-order valence-electron chi connectivity index (χ3n) is 4.69. The Morgan fingerprint density at radius 3 is 2.14 bits per heavy atom. The lowest BCUT2D eigenvalue weighted by Gasteiger charge is -2.23. The summed E-state index contributed by atoms with van der Waals surface area (Å²) in [6.07, 6.45) is 0.925. The van der Waals surface area contributed by atoms with Crippen molar-refractivity contribution < 1.29 is 13.3 Å². The highest BCUT2D eigenvalue weighted by Crippen LogP contribution is 2.28. The third kappa shape index (κ3) is 3.15. The highest BCUT2D eigenvalue weighted by Gasteiger charge is 2.30. The van der Waals surface area contributed by atoms with E-state index in [0.717, 1.165) is 41.8 Å². The molecule has 1 aliphatic rings. The number of aryl methyl sites for hydroxylation is 2. The Bertz CT molecular complexity index is 612. The molecule has 118 valence electrons. The quantitative estimate of drug-likeness (QED) is 0.879. The van der Waals surface area contributed by atoms with Gasteiger partial charge in [-0.15, -0.1) is 0 Å². The molecule has 0 amide bonds. The molecule has 0 bridgehead atoms. The number of quaternary nitrogens is 1. The molecule has 0 saturated carbocycles. The minimum Gasteiger partial charge on any atom is -0.336 e. The van der Waals surface area contributed by atoms with Crippen molar-refractivity contribution in [2.24, 2.45) is 0 Å². The molecule has 1 N–H and O–H groups in total. The van der Waals surface area contributed by atoms with Crippen LogP contribution >= 0.6 is 0 Å². The maximum atomic E-state index is 13.1. The number of likely N-dealkylation sites (N-methyl/N-ethyl adjacent to an activating group) is 1. The summed E-state index contributed by atoms with van der Waals surface area (Å²) in [6.45, 7) is 11.0. The van der Waals surface area contributed by atoms with Gasteiger partial charge in [0.25, 0.3) is 0 Å². The van der Waals surface area contributed by atoms with Crippen LogP contribution in [0.5, 0.6) is 0 Å². The fraction of sp³-hybridized carbons (Fsp3) is 0.625. The van der Waals surface area contributed by atoms with Crippen LogP contribution in [0.3, 0.4) is 0 Å². The van der Waals surface area contributed by atoms with Crippen molar-refractivity contribution in [2.45, 2.75) is 39.0 Å². The van der Waals surface area contributed by atoms with Gasteiger partial charge in [0, 0.05) is 13.0 Å². The lowest BCUT2D eigenvalue weighted by atomic mass is 10.0. The molecule has 1 saturated heterocycles. The molecule has 1 aliphatic heterocycles. The molecule has 1 aromatic carbocycles. The molecule has 1 fully saturated rings. The summed E-state index contributed by atoms with van der Waals surface area (Å²) < 4.78 is 27.9. The molecule has 1 unspecified atom stereocenters. The molecule has 1 heterocycles.